The molecule has 0 bridgehead atoms. The Kier molecular flexibility index (Phi) is 7.90. The lowest BCUT2D eigenvalue weighted by Crippen LogP contribution is -2.41. The lowest BCUT2D eigenvalue weighted by molar-refractivity contribution is -0.122. The SMILES string of the molecule is CC(NC(=O)CN(Cc1ccc(Cl)cc1Cl)S(=O)(=O)c1ccccc1)c1ccc(F)cc1. The molecule has 9 heteroatoms. The van der Waals surface area contributed by atoms with Gasteiger partial charge in [-0.05, 0) is 54.4 Å². The number of halogens is 3. The summed E-state index contributed by atoms with van der Waals surface area (Å²) in [5, 5.41) is 3.47. The van der Waals surface area contributed by atoms with Gasteiger partial charge in [-0.15, -0.1) is 0 Å². The van der Waals surface area contributed by atoms with Crippen LogP contribution in [0.3, 0.4) is 0 Å². The summed E-state index contributed by atoms with van der Waals surface area (Å²) in [5.74, 6) is -0.890. The maximum absolute atomic E-state index is 13.3. The zero-order valence-electron chi connectivity index (χ0n) is 17.1. The molecule has 168 valence electrons. The smallest absolute Gasteiger partial charge is 0.243 e. The average Bonchev–Trinajstić information content (AvgIpc) is 2.76. The number of carbonyl (C=O) groups excluding carboxylic acids is 1. The van der Waals surface area contributed by atoms with E-state index in [9.17, 15) is 17.6 Å². The zero-order chi connectivity index (χ0) is 23.3. The number of hydrogen-bond acceptors (Lipinski definition) is 3. The van der Waals surface area contributed by atoms with Crippen molar-refractivity contribution in [2.45, 2.75) is 24.4 Å². The van der Waals surface area contributed by atoms with Crippen molar-refractivity contribution in [3.8, 4) is 0 Å². The molecule has 0 aliphatic heterocycles. The summed E-state index contributed by atoms with van der Waals surface area (Å²) in [6, 6.07) is 17.9. The second kappa shape index (κ2) is 10.4. The fourth-order valence-electron chi connectivity index (χ4n) is 3.09. The van der Waals surface area contributed by atoms with Gasteiger partial charge in [0.15, 0.2) is 0 Å². The molecule has 0 aromatic heterocycles. The summed E-state index contributed by atoms with van der Waals surface area (Å²) < 4.78 is 40.8. The van der Waals surface area contributed by atoms with Crippen LogP contribution in [0.15, 0.2) is 77.7 Å². The molecule has 0 heterocycles. The van der Waals surface area contributed by atoms with Crippen LogP contribution < -0.4 is 5.32 Å². The van der Waals surface area contributed by atoms with Crippen molar-refractivity contribution >= 4 is 39.1 Å². The van der Waals surface area contributed by atoms with Crippen LogP contribution in [0.25, 0.3) is 0 Å². The predicted molar refractivity (Wildman–Crippen MR) is 123 cm³/mol. The summed E-state index contributed by atoms with van der Waals surface area (Å²) in [5.41, 5.74) is 1.20. The Labute approximate surface area is 196 Å². The summed E-state index contributed by atoms with van der Waals surface area (Å²) in [4.78, 5) is 12.8. The van der Waals surface area contributed by atoms with Crippen molar-refractivity contribution in [1.82, 2.24) is 9.62 Å². The quantitative estimate of drug-likeness (QED) is 0.467. The third-order valence-corrected chi connectivity index (χ3v) is 7.20. The second-order valence-electron chi connectivity index (χ2n) is 7.16. The van der Waals surface area contributed by atoms with E-state index >= 15 is 0 Å². The van der Waals surface area contributed by atoms with Gasteiger partial charge < -0.3 is 5.32 Å². The largest absolute Gasteiger partial charge is 0.348 e. The minimum atomic E-state index is -4.00. The zero-order valence-corrected chi connectivity index (χ0v) is 19.5. The van der Waals surface area contributed by atoms with E-state index in [0.29, 0.717) is 21.2 Å². The minimum absolute atomic E-state index is 0.0597. The van der Waals surface area contributed by atoms with Gasteiger partial charge in [0.05, 0.1) is 17.5 Å². The molecule has 1 amide bonds. The topological polar surface area (TPSA) is 66.5 Å². The van der Waals surface area contributed by atoms with Crippen LogP contribution in [0.2, 0.25) is 10.0 Å². The van der Waals surface area contributed by atoms with Crippen molar-refractivity contribution in [2.24, 2.45) is 0 Å². The summed E-state index contributed by atoms with van der Waals surface area (Å²) in [7, 11) is -4.00. The van der Waals surface area contributed by atoms with Crippen LogP contribution in [-0.4, -0.2) is 25.2 Å². The highest BCUT2D eigenvalue weighted by Crippen LogP contribution is 2.25. The molecule has 0 saturated carbocycles. The number of benzene rings is 3. The second-order valence-corrected chi connectivity index (χ2v) is 9.94. The summed E-state index contributed by atoms with van der Waals surface area (Å²) >= 11 is 12.2. The van der Waals surface area contributed by atoms with E-state index in [1.165, 1.54) is 30.3 Å². The Morgan fingerprint density at radius 3 is 2.31 bits per heavy atom. The first kappa shape index (κ1) is 24.2. The molecule has 1 atom stereocenters. The van der Waals surface area contributed by atoms with E-state index in [1.54, 1.807) is 49.4 Å². The third kappa shape index (κ3) is 6.07. The van der Waals surface area contributed by atoms with Gasteiger partial charge in [-0.1, -0.05) is 59.6 Å². The van der Waals surface area contributed by atoms with Gasteiger partial charge in [0.2, 0.25) is 15.9 Å². The Bertz CT molecular complexity index is 1190. The van der Waals surface area contributed by atoms with E-state index in [2.05, 4.69) is 5.32 Å². The Balaban J connectivity index is 1.84. The van der Waals surface area contributed by atoms with Gasteiger partial charge in [-0.25, -0.2) is 12.8 Å². The fourth-order valence-corrected chi connectivity index (χ4v) is 4.95. The molecule has 32 heavy (non-hydrogen) atoms. The molecule has 1 unspecified atom stereocenters. The molecule has 0 fully saturated rings. The maximum atomic E-state index is 13.3. The lowest BCUT2D eigenvalue weighted by atomic mass is 10.1. The molecule has 0 spiro atoms. The molecule has 3 aromatic carbocycles. The molecule has 0 saturated heterocycles. The Morgan fingerprint density at radius 2 is 1.69 bits per heavy atom. The molecule has 3 aromatic rings. The van der Waals surface area contributed by atoms with E-state index < -0.39 is 28.5 Å². The first-order valence-corrected chi connectivity index (χ1v) is 11.9. The minimum Gasteiger partial charge on any atom is -0.348 e. The molecule has 0 aliphatic carbocycles. The summed E-state index contributed by atoms with van der Waals surface area (Å²) in [6.07, 6.45) is 0. The van der Waals surface area contributed by atoms with Crippen LogP contribution in [0, 0.1) is 5.82 Å². The van der Waals surface area contributed by atoms with Gasteiger partial charge in [-0.3, -0.25) is 4.79 Å². The lowest BCUT2D eigenvalue weighted by Gasteiger charge is -2.24. The van der Waals surface area contributed by atoms with Crippen LogP contribution in [0.1, 0.15) is 24.1 Å². The Morgan fingerprint density at radius 1 is 1.03 bits per heavy atom. The highest BCUT2D eigenvalue weighted by molar-refractivity contribution is 7.89. The van der Waals surface area contributed by atoms with Gasteiger partial charge >= 0.3 is 0 Å². The first-order valence-electron chi connectivity index (χ1n) is 9.71. The normalized spacial score (nSPS) is 12.5. The Hall–Kier alpha value is -2.45. The van der Waals surface area contributed by atoms with Crippen molar-refractivity contribution in [1.29, 1.82) is 0 Å². The van der Waals surface area contributed by atoms with Crippen LogP contribution in [0.5, 0.6) is 0 Å². The standard InChI is InChI=1S/C23H21Cl2FN2O3S/c1-16(17-8-11-20(26)12-9-17)27-23(29)15-28(14-18-7-10-19(24)13-22(18)25)32(30,31)21-5-3-2-4-6-21/h2-13,16H,14-15H2,1H3,(H,27,29). The molecule has 0 radical (unpaired) electrons. The molecule has 0 aliphatic rings. The van der Waals surface area contributed by atoms with Crippen LogP contribution in [0.4, 0.5) is 4.39 Å². The molecular weight excluding hydrogens is 474 g/mol. The number of hydrogen-bond donors (Lipinski definition) is 1. The van der Waals surface area contributed by atoms with Gasteiger partial charge in [0.25, 0.3) is 0 Å². The average molecular weight is 495 g/mol. The summed E-state index contributed by atoms with van der Waals surface area (Å²) in [6.45, 7) is 1.19. The number of carbonyl (C=O) groups is 1. The van der Waals surface area contributed by atoms with E-state index in [0.717, 1.165) is 4.31 Å². The molecule has 3 rings (SSSR count). The first-order chi connectivity index (χ1) is 15.2. The number of nitrogens with zero attached hydrogens (tertiary/aromatic N) is 1. The molecule has 5 nitrogen and oxygen atoms in total. The van der Waals surface area contributed by atoms with Crippen LogP contribution >= 0.6 is 23.2 Å². The van der Waals surface area contributed by atoms with Crippen molar-refractivity contribution in [2.75, 3.05) is 6.54 Å². The molecular formula is C23H21Cl2FN2O3S. The van der Waals surface area contributed by atoms with E-state index in [1.807, 2.05) is 0 Å². The maximum Gasteiger partial charge on any atom is 0.243 e. The van der Waals surface area contributed by atoms with Gasteiger partial charge in [0.1, 0.15) is 5.82 Å². The highest BCUT2D eigenvalue weighted by atomic mass is 35.5. The van der Waals surface area contributed by atoms with Gasteiger partial charge in [-0.2, -0.15) is 4.31 Å². The van der Waals surface area contributed by atoms with Gasteiger partial charge in [0, 0.05) is 16.6 Å². The fraction of sp³-hybridized carbons (Fsp3) is 0.174. The molecule has 1 N–H and O–H groups in total. The monoisotopic (exact) mass is 494 g/mol. The number of sulfonamides is 1. The van der Waals surface area contributed by atoms with Crippen molar-refractivity contribution in [3.63, 3.8) is 0 Å². The van der Waals surface area contributed by atoms with Crippen LogP contribution in [-0.2, 0) is 21.4 Å². The number of rotatable bonds is 8. The van der Waals surface area contributed by atoms with Crippen molar-refractivity contribution in [3.05, 3.63) is 99.8 Å². The predicted octanol–water partition coefficient (Wildman–Crippen LogP) is 5.20. The number of amides is 1. The van der Waals surface area contributed by atoms with E-state index in [-0.39, 0.29) is 17.3 Å². The van der Waals surface area contributed by atoms with E-state index in [4.69, 9.17) is 23.2 Å². The number of nitrogens with one attached hydrogen (secondary N) is 1. The third-order valence-electron chi connectivity index (χ3n) is 4.81. The van der Waals surface area contributed by atoms with Crippen molar-refractivity contribution < 1.29 is 17.6 Å². The highest BCUT2D eigenvalue weighted by Gasteiger charge is 2.28.